The Balaban J connectivity index is 1.96. The van der Waals surface area contributed by atoms with Gasteiger partial charge in [-0.05, 0) is 38.2 Å². The van der Waals surface area contributed by atoms with E-state index >= 15 is 0 Å². The van der Waals surface area contributed by atoms with Crippen molar-refractivity contribution in [3.05, 3.63) is 35.4 Å². The van der Waals surface area contributed by atoms with Gasteiger partial charge in [0.1, 0.15) is 0 Å². The maximum absolute atomic E-state index is 5.75. The molecule has 1 saturated heterocycles. The summed E-state index contributed by atoms with van der Waals surface area (Å²) < 4.78 is 5.75. The Labute approximate surface area is 117 Å². The molecule has 106 valence electrons. The number of ether oxygens (including phenoxy) is 1. The van der Waals surface area contributed by atoms with E-state index in [0.717, 1.165) is 32.3 Å². The average Bonchev–Trinajstić information content (AvgIpc) is 2.46. The summed E-state index contributed by atoms with van der Waals surface area (Å²) in [6.45, 7) is 7.52. The van der Waals surface area contributed by atoms with Gasteiger partial charge in [-0.25, -0.2) is 0 Å². The Bertz CT molecular complexity index is 373. The van der Waals surface area contributed by atoms with Gasteiger partial charge in [-0.2, -0.15) is 0 Å². The van der Waals surface area contributed by atoms with Crippen molar-refractivity contribution in [2.45, 2.75) is 64.6 Å². The molecule has 0 saturated carbocycles. The second kappa shape index (κ2) is 7.06. The summed E-state index contributed by atoms with van der Waals surface area (Å²) in [7, 11) is 0. The van der Waals surface area contributed by atoms with E-state index in [9.17, 15) is 0 Å². The molecule has 0 spiro atoms. The van der Waals surface area contributed by atoms with Gasteiger partial charge in [0.15, 0.2) is 0 Å². The molecule has 0 amide bonds. The fraction of sp³-hybridized carbons (Fsp3) is 0.647. The third kappa shape index (κ3) is 4.05. The van der Waals surface area contributed by atoms with Crippen molar-refractivity contribution in [3.63, 3.8) is 0 Å². The Kier molecular flexibility index (Phi) is 5.41. The fourth-order valence-corrected chi connectivity index (χ4v) is 2.85. The molecular formula is C17H27NO. The first-order chi connectivity index (χ1) is 9.22. The zero-order valence-electron chi connectivity index (χ0n) is 12.5. The van der Waals surface area contributed by atoms with Gasteiger partial charge in [0, 0.05) is 18.7 Å². The zero-order valence-corrected chi connectivity index (χ0v) is 12.5. The Morgan fingerprint density at radius 3 is 2.63 bits per heavy atom. The van der Waals surface area contributed by atoms with Crippen molar-refractivity contribution in [1.29, 1.82) is 0 Å². The van der Waals surface area contributed by atoms with Gasteiger partial charge in [0.25, 0.3) is 0 Å². The largest absolute Gasteiger partial charge is 0.378 e. The van der Waals surface area contributed by atoms with E-state index in [2.05, 4.69) is 50.4 Å². The number of hydrogen-bond acceptors (Lipinski definition) is 2. The lowest BCUT2D eigenvalue weighted by Crippen LogP contribution is -2.40. The van der Waals surface area contributed by atoms with E-state index in [0.29, 0.717) is 18.2 Å². The fourth-order valence-electron chi connectivity index (χ4n) is 2.85. The van der Waals surface area contributed by atoms with Crippen LogP contribution in [0.3, 0.4) is 0 Å². The summed E-state index contributed by atoms with van der Waals surface area (Å²) in [6.07, 6.45) is 5.00. The molecule has 0 aliphatic carbocycles. The molecule has 2 nitrogen and oxygen atoms in total. The molecule has 0 bridgehead atoms. The van der Waals surface area contributed by atoms with Crippen molar-refractivity contribution in [2.75, 3.05) is 6.61 Å². The van der Waals surface area contributed by atoms with Gasteiger partial charge in [0.2, 0.25) is 0 Å². The van der Waals surface area contributed by atoms with Crippen molar-refractivity contribution < 1.29 is 4.74 Å². The first-order valence-corrected chi connectivity index (χ1v) is 7.67. The molecule has 1 aromatic rings. The first-order valence-electron chi connectivity index (χ1n) is 7.67. The summed E-state index contributed by atoms with van der Waals surface area (Å²) in [5, 5.41) is 3.83. The summed E-state index contributed by atoms with van der Waals surface area (Å²) in [5.41, 5.74) is 2.74. The van der Waals surface area contributed by atoms with Gasteiger partial charge >= 0.3 is 0 Å². The van der Waals surface area contributed by atoms with Crippen LogP contribution in [0.1, 0.15) is 56.7 Å². The molecule has 1 N–H and O–H groups in total. The highest BCUT2D eigenvalue weighted by Gasteiger charge is 2.23. The molecule has 2 rings (SSSR count). The van der Waals surface area contributed by atoms with E-state index in [1.807, 2.05) is 0 Å². The van der Waals surface area contributed by atoms with E-state index in [1.165, 1.54) is 11.1 Å². The molecule has 1 heterocycles. The molecule has 0 aromatic heterocycles. The molecule has 19 heavy (non-hydrogen) atoms. The lowest BCUT2D eigenvalue weighted by molar-refractivity contribution is -0.00210. The van der Waals surface area contributed by atoms with Gasteiger partial charge in [-0.3, -0.25) is 0 Å². The zero-order chi connectivity index (χ0) is 13.7. The highest BCUT2D eigenvalue weighted by Crippen LogP contribution is 2.22. The lowest BCUT2D eigenvalue weighted by atomic mass is 9.97. The third-order valence-electron chi connectivity index (χ3n) is 4.15. The van der Waals surface area contributed by atoms with E-state index in [1.54, 1.807) is 0 Å². The van der Waals surface area contributed by atoms with Crippen LogP contribution >= 0.6 is 0 Å². The van der Waals surface area contributed by atoms with Crippen LogP contribution in [0.15, 0.2) is 24.3 Å². The van der Waals surface area contributed by atoms with Gasteiger partial charge in [0.05, 0.1) is 6.10 Å². The molecule has 1 aliphatic heterocycles. The maximum atomic E-state index is 5.75. The van der Waals surface area contributed by atoms with Crippen LogP contribution < -0.4 is 5.32 Å². The second-order valence-electron chi connectivity index (χ2n) is 5.66. The third-order valence-corrected chi connectivity index (χ3v) is 4.15. The molecule has 3 atom stereocenters. The Morgan fingerprint density at radius 1 is 1.26 bits per heavy atom. The normalized spacial score (nSPS) is 25.2. The quantitative estimate of drug-likeness (QED) is 0.865. The predicted octanol–water partition coefficient (Wildman–Crippen LogP) is 3.99. The number of rotatable bonds is 5. The smallest absolute Gasteiger partial charge is 0.0587 e. The van der Waals surface area contributed by atoms with E-state index in [-0.39, 0.29) is 0 Å². The van der Waals surface area contributed by atoms with Gasteiger partial charge in [-0.1, -0.05) is 43.7 Å². The minimum atomic E-state index is 0.446. The Morgan fingerprint density at radius 2 is 2.00 bits per heavy atom. The van der Waals surface area contributed by atoms with Crippen LogP contribution in [0.5, 0.6) is 0 Å². The SMILES string of the molecule is CCC1CC(NC(CC)c2ccc(C)cc2)CCO1. The van der Waals surface area contributed by atoms with Crippen molar-refractivity contribution >= 4 is 0 Å². The molecule has 2 heteroatoms. The minimum absolute atomic E-state index is 0.446. The van der Waals surface area contributed by atoms with Crippen molar-refractivity contribution in [1.82, 2.24) is 5.32 Å². The molecule has 1 fully saturated rings. The summed E-state index contributed by atoms with van der Waals surface area (Å²) in [5.74, 6) is 0. The number of hydrogen-bond donors (Lipinski definition) is 1. The van der Waals surface area contributed by atoms with Crippen LogP contribution in [0.25, 0.3) is 0 Å². The predicted molar refractivity (Wildman–Crippen MR) is 80.4 cm³/mol. The van der Waals surface area contributed by atoms with Crippen LogP contribution in [0, 0.1) is 6.92 Å². The summed E-state index contributed by atoms with van der Waals surface area (Å²) in [4.78, 5) is 0. The number of aryl methyl sites for hydroxylation is 1. The summed E-state index contributed by atoms with van der Waals surface area (Å²) >= 11 is 0. The monoisotopic (exact) mass is 261 g/mol. The van der Waals surface area contributed by atoms with Crippen molar-refractivity contribution in [3.8, 4) is 0 Å². The number of nitrogens with one attached hydrogen (secondary N) is 1. The first kappa shape index (κ1) is 14.5. The minimum Gasteiger partial charge on any atom is -0.378 e. The van der Waals surface area contributed by atoms with Crippen LogP contribution in [0.4, 0.5) is 0 Å². The Hall–Kier alpha value is -0.860. The maximum Gasteiger partial charge on any atom is 0.0587 e. The topological polar surface area (TPSA) is 21.3 Å². The van der Waals surface area contributed by atoms with E-state index < -0.39 is 0 Å². The standard InChI is InChI=1S/C17H27NO/c1-4-16-12-15(10-11-19-16)18-17(5-2)14-8-6-13(3)7-9-14/h6-9,15-18H,4-5,10-12H2,1-3H3. The van der Waals surface area contributed by atoms with E-state index in [4.69, 9.17) is 4.74 Å². The lowest BCUT2D eigenvalue weighted by Gasteiger charge is -2.32. The average molecular weight is 261 g/mol. The van der Waals surface area contributed by atoms with Gasteiger partial charge in [-0.15, -0.1) is 0 Å². The second-order valence-corrected chi connectivity index (χ2v) is 5.66. The molecular weight excluding hydrogens is 234 g/mol. The van der Waals surface area contributed by atoms with Crippen LogP contribution in [-0.4, -0.2) is 18.8 Å². The van der Waals surface area contributed by atoms with Crippen molar-refractivity contribution in [2.24, 2.45) is 0 Å². The number of benzene rings is 1. The van der Waals surface area contributed by atoms with Gasteiger partial charge < -0.3 is 10.1 Å². The van der Waals surface area contributed by atoms with Crippen LogP contribution in [-0.2, 0) is 4.74 Å². The summed E-state index contributed by atoms with van der Waals surface area (Å²) in [6, 6.07) is 10.0. The molecule has 3 unspecified atom stereocenters. The highest BCUT2D eigenvalue weighted by molar-refractivity contribution is 5.24. The molecule has 0 radical (unpaired) electrons. The molecule has 1 aromatic carbocycles. The molecule has 1 aliphatic rings. The highest BCUT2D eigenvalue weighted by atomic mass is 16.5. The van der Waals surface area contributed by atoms with Crippen LogP contribution in [0.2, 0.25) is 0 Å².